The Balaban J connectivity index is 1.93. The van der Waals surface area contributed by atoms with Crippen molar-refractivity contribution in [3.63, 3.8) is 0 Å². The Morgan fingerprint density at radius 1 is 1.16 bits per heavy atom. The molecule has 3 heterocycles. The topological polar surface area (TPSA) is 66.0 Å². The minimum atomic E-state index is 0.0258. The minimum Gasteiger partial charge on any atom is -0.363 e. The number of fused-ring (bicyclic) bond motifs is 3. The van der Waals surface area contributed by atoms with E-state index in [0.29, 0.717) is 11.2 Å². The number of anilines is 1. The molecule has 25 heavy (non-hydrogen) atoms. The average molecular weight is 327 g/mol. The predicted molar refractivity (Wildman–Crippen MR) is 98.4 cm³/mol. The normalized spacial score (nSPS) is 12.2. The van der Waals surface area contributed by atoms with E-state index < -0.39 is 0 Å². The summed E-state index contributed by atoms with van der Waals surface area (Å²) in [5.74, 6) is 0.901. The van der Waals surface area contributed by atoms with Crippen LogP contribution >= 0.6 is 0 Å². The maximum absolute atomic E-state index is 9.56. The van der Waals surface area contributed by atoms with Gasteiger partial charge in [-0.1, -0.05) is 18.2 Å². The summed E-state index contributed by atoms with van der Waals surface area (Å²) >= 11 is 0. The molecule has 1 aromatic carbocycles. The van der Waals surface area contributed by atoms with Gasteiger partial charge in [0.15, 0.2) is 5.65 Å². The molecule has 0 aliphatic heterocycles. The first-order chi connectivity index (χ1) is 12.2. The van der Waals surface area contributed by atoms with Gasteiger partial charge in [0.1, 0.15) is 11.9 Å². The Morgan fingerprint density at radius 2 is 1.96 bits per heavy atom. The lowest BCUT2D eigenvalue weighted by Crippen LogP contribution is -2.12. The number of hydrogen-bond donors (Lipinski definition) is 1. The third kappa shape index (κ3) is 2.48. The third-order valence-corrected chi connectivity index (χ3v) is 4.38. The van der Waals surface area contributed by atoms with Gasteiger partial charge in [-0.2, -0.15) is 5.26 Å². The fraction of sp³-hybridized carbons (Fsp3) is 0.150. The summed E-state index contributed by atoms with van der Waals surface area (Å²) in [6.07, 6.45) is 1.79. The van der Waals surface area contributed by atoms with Crippen molar-refractivity contribution in [3.05, 3.63) is 71.5 Å². The monoisotopic (exact) mass is 327 g/mol. The average Bonchev–Trinajstić information content (AvgIpc) is 3.02. The summed E-state index contributed by atoms with van der Waals surface area (Å²) in [4.78, 5) is 9.09. The molecule has 1 atom stereocenters. The van der Waals surface area contributed by atoms with Crippen LogP contribution in [0.5, 0.6) is 0 Å². The summed E-state index contributed by atoms with van der Waals surface area (Å²) < 4.78 is 2.01. The first-order valence-corrected chi connectivity index (χ1v) is 8.17. The van der Waals surface area contributed by atoms with Crippen molar-refractivity contribution in [1.82, 2.24) is 14.4 Å². The molecule has 0 aliphatic carbocycles. The molecular weight excluding hydrogens is 310 g/mol. The van der Waals surface area contributed by atoms with Gasteiger partial charge in [0.2, 0.25) is 0 Å². The van der Waals surface area contributed by atoms with Gasteiger partial charge >= 0.3 is 0 Å². The number of rotatable bonds is 3. The number of pyridine rings is 2. The molecule has 5 heteroatoms. The Bertz CT molecular complexity index is 1110. The SMILES string of the molecule is Cc1cc(N[C@H](C)c2ccccn2)n2c(nc3ccccc32)c1C#N. The lowest BCUT2D eigenvalue weighted by Gasteiger charge is -2.17. The lowest BCUT2D eigenvalue weighted by molar-refractivity contribution is 0.828. The summed E-state index contributed by atoms with van der Waals surface area (Å²) in [6, 6.07) is 18.1. The largest absolute Gasteiger partial charge is 0.363 e. The second-order valence-electron chi connectivity index (χ2n) is 6.08. The number of nitriles is 1. The predicted octanol–water partition coefficient (Wildman–Crippen LogP) is 4.24. The zero-order valence-corrected chi connectivity index (χ0v) is 14.1. The van der Waals surface area contributed by atoms with Crippen molar-refractivity contribution in [3.8, 4) is 6.07 Å². The molecule has 4 aromatic rings. The molecule has 0 bridgehead atoms. The fourth-order valence-corrected chi connectivity index (χ4v) is 3.13. The minimum absolute atomic E-state index is 0.0258. The van der Waals surface area contributed by atoms with Crippen LogP contribution in [-0.4, -0.2) is 14.4 Å². The maximum atomic E-state index is 9.56. The molecule has 0 fully saturated rings. The van der Waals surface area contributed by atoms with E-state index in [1.807, 2.05) is 59.9 Å². The molecule has 122 valence electrons. The van der Waals surface area contributed by atoms with Gasteiger partial charge in [-0.05, 0) is 49.7 Å². The van der Waals surface area contributed by atoms with Gasteiger partial charge in [0, 0.05) is 6.20 Å². The Labute approximate surface area is 145 Å². The highest BCUT2D eigenvalue weighted by Gasteiger charge is 2.16. The summed E-state index contributed by atoms with van der Waals surface area (Å²) in [5, 5.41) is 13.1. The zero-order valence-electron chi connectivity index (χ0n) is 14.1. The summed E-state index contributed by atoms with van der Waals surface area (Å²) in [6.45, 7) is 4.01. The van der Waals surface area contributed by atoms with E-state index in [-0.39, 0.29) is 6.04 Å². The van der Waals surface area contributed by atoms with Gasteiger partial charge in [0.25, 0.3) is 0 Å². The third-order valence-electron chi connectivity index (χ3n) is 4.38. The first-order valence-electron chi connectivity index (χ1n) is 8.17. The Hall–Kier alpha value is -3.39. The van der Waals surface area contributed by atoms with E-state index in [4.69, 9.17) is 0 Å². The van der Waals surface area contributed by atoms with E-state index in [2.05, 4.69) is 28.3 Å². The van der Waals surface area contributed by atoms with Crippen molar-refractivity contribution in [2.45, 2.75) is 19.9 Å². The molecule has 3 aromatic heterocycles. The van der Waals surface area contributed by atoms with Crippen LogP contribution in [0.2, 0.25) is 0 Å². The second kappa shape index (κ2) is 5.91. The van der Waals surface area contributed by atoms with Gasteiger partial charge in [-0.25, -0.2) is 4.98 Å². The number of aryl methyl sites for hydroxylation is 1. The van der Waals surface area contributed by atoms with E-state index in [9.17, 15) is 5.26 Å². The highest BCUT2D eigenvalue weighted by molar-refractivity contribution is 5.85. The number of benzene rings is 1. The van der Waals surface area contributed by atoms with Crippen molar-refractivity contribution in [2.24, 2.45) is 0 Å². The van der Waals surface area contributed by atoms with Crippen LogP contribution in [0.4, 0.5) is 5.82 Å². The molecule has 0 amide bonds. The number of nitrogens with one attached hydrogen (secondary N) is 1. The van der Waals surface area contributed by atoms with Crippen LogP contribution < -0.4 is 5.32 Å². The van der Waals surface area contributed by atoms with Gasteiger partial charge in [-0.3, -0.25) is 9.38 Å². The summed E-state index contributed by atoms with van der Waals surface area (Å²) in [5.41, 5.74) is 5.00. The quantitative estimate of drug-likeness (QED) is 0.611. The molecule has 0 aliphatic rings. The molecule has 0 radical (unpaired) electrons. The number of aromatic nitrogens is 3. The number of imidazole rings is 1. The maximum Gasteiger partial charge on any atom is 0.157 e. The number of para-hydroxylation sites is 2. The van der Waals surface area contributed by atoms with Crippen molar-refractivity contribution in [1.29, 1.82) is 5.26 Å². The molecule has 0 saturated heterocycles. The molecule has 0 unspecified atom stereocenters. The second-order valence-corrected chi connectivity index (χ2v) is 6.08. The zero-order chi connectivity index (χ0) is 17.4. The van der Waals surface area contributed by atoms with E-state index >= 15 is 0 Å². The Morgan fingerprint density at radius 3 is 2.72 bits per heavy atom. The molecular formula is C20H17N5. The van der Waals surface area contributed by atoms with Crippen LogP contribution in [0.1, 0.15) is 29.8 Å². The van der Waals surface area contributed by atoms with Crippen LogP contribution in [0.3, 0.4) is 0 Å². The van der Waals surface area contributed by atoms with Gasteiger partial charge in [-0.15, -0.1) is 0 Å². The molecule has 5 nitrogen and oxygen atoms in total. The highest BCUT2D eigenvalue weighted by Crippen LogP contribution is 2.28. The van der Waals surface area contributed by atoms with E-state index in [1.165, 1.54) is 0 Å². The molecule has 4 rings (SSSR count). The molecule has 0 spiro atoms. The smallest absolute Gasteiger partial charge is 0.157 e. The number of nitrogens with zero attached hydrogens (tertiary/aromatic N) is 4. The van der Waals surface area contributed by atoms with Gasteiger partial charge < -0.3 is 5.32 Å². The van der Waals surface area contributed by atoms with Crippen LogP contribution in [-0.2, 0) is 0 Å². The summed E-state index contributed by atoms with van der Waals surface area (Å²) in [7, 11) is 0. The van der Waals surface area contributed by atoms with E-state index in [1.54, 1.807) is 6.20 Å². The van der Waals surface area contributed by atoms with Gasteiger partial charge in [0.05, 0.1) is 28.3 Å². The van der Waals surface area contributed by atoms with Crippen LogP contribution in [0.15, 0.2) is 54.7 Å². The fourth-order valence-electron chi connectivity index (χ4n) is 3.13. The van der Waals surface area contributed by atoms with Crippen LogP contribution in [0, 0.1) is 18.3 Å². The highest BCUT2D eigenvalue weighted by atomic mass is 15.1. The lowest BCUT2D eigenvalue weighted by atomic mass is 10.1. The van der Waals surface area contributed by atoms with Crippen molar-refractivity contribution >= 4 is 22.5 Å². The standard InChI is InChI=1S/C20H17N5/c1-13-11-19(23-14(2)16-7-5-6-10-22-16)25-18-9-4-3-8-17(18)24-20(25)15(13)12-21/h3-11,14,23H,1-2H3/t14-/m1/s1. The molecule has 0 saturated carbocycles. The Kier molecular flexibility index (Phi) is 3.58. The first kappa shape index (κ1) is 15.2. The number of hydrogen-bond acceptors (Lipinski definition) is 4. The van der Waals surface area contributed by atoms with E-state index in [0.717, 1.165) is 28.1 Å². The van der Waals surface area contributed by atoms with Crippen LogP contribution in [0.25, 0.3) is 16.7 Å². The van der Waals surface area contributed by atoms with Crippen molar-refractivity contribution < 1.29 is 0 Å². The van der Waals surface area contributed by atoms with Crippen molar-refractivity contribution in [2.75, 3.05) is 5.32 Å². The molecule has 1 N–H and O–H groups in total.